The first-order valence-electron chi connectivity index (χ1n) is 8.55. The molecule has 0 saturated heterocycles. The van der Waals surface area contributed by atoms with E-state index < -0.39 is 11.9 Å². The number of para-hydroxylation sites is 1. The van der Waals surface area contributed by atoms with Gasteiger partial charge >= 0.3 is 11.9 Å². The molecule has 3 aromatic carbocycles. The van der Waals surface area contributed by atoms with Crippen LogP contribution in [0.25, 0.3) is 0 Å². The summed E-state index contributed by atoms with van der Waals surface area (Å²) in [7, 11) is 0. The number of hydrogen-bond donors (Lipinski definition) is 0. The Morgan fingerprint density at radius 3 is 2.25 bits per heavy atom. The summed E-state index contributed by atoms with van der Waals surface area (Å²) >= 11 is 3.31. The zero-order valence-corrected chi connectivity index (χ0v) is 16.4. The van der Waals surface area contributed by atoms with Crippen molar-refractivity contribution in [3.63, 3.8) is 0 Å². The molecule has 0 saturated carbocycles. The van der Waals surface area contributed by atoms with E-state index in [1.165, 1.54) is 6.07 Å². The van der Waals surface area contributed by atoms with Crippen molar-refractivity contribution in [2.75, 3.05) is 13.2 Å². The van der Waals surface area contributed by atoms with E-state index in [1.54, 1.807) is 42.5 Å². The van der Waals surface area contributed by atoms with Crippen LogP contribution >= 0.6 is 15.9 Å². The molecule has 0 heterocycles. The third-order valence-corrected chi connectivity index (χ3v) is 4.39. The Labute approximate surface area is 171 Å². The highest BCUT2D eigenvalue weighted by atomic mass is 79.9. The molecule has 3 aromatic rings. The lowest BCUT2D eigenvalue weighted by molar-refractivity contribution is 0.0449. The van der Waals surface area contributed by atoms with Crippen LogP contribution in [0.15, 0.2) is 83.3 Å². The zero-order chi connectivity index (χ0) is 19.8. The van der Waals surface area contributed by atoms with Gasteiger partial charge in [0.05, 0.1) is 11.1 Å². The fraction of sp³-hybridized carbons (Fsp3) is 0.0909. The van der Waals surface area contributed by atoms with Gasteiger partial charge in [0, 0.05) is 4.47 Å². The molecule has 3 rings (SSSR count). The highest BCUT2D eigenvalue weighted by Crippen LogP contribution is 2.20. The van der Waals surface area contributed by atoms with E-state index in [4.69, 9.17) is 14.2 Å². The molecule has 0 bridgehead atoms. The average molecular weight is 441 g/mol. The maximum absolute atomic E-state index is 12.3. The van der Waals surface area contributed by atoms with E-state index in [-0.39, 0.29) is 24.5 Å². The van der Waals surface area contributed by atoms with Crippen molar-refractivity contribution in [2.24, 2.45) is 0 Å². The molecule has 0 radical (unpaired) electrons. The highest BCUT2D eigenvalue weighted by molar-refractivity contribution is 9.10. The molecule has 0 aliphatic carbocycles. The molecule has 0 atom stereocenters. The molecule has 6 heteroatoms. The van der Waals surface area contributed by atoms with Gasteiger partial charge in [-0.25, -0.2) is 9.59 Å². The van der Waals surface area contributed by atoms with E-state index in [0.717, 1.165) is 0 Å². The number of hydrogen-bond acceptors (Lipinski definition) is 5. The Morgan fingerprint density at radius 1 is 0.750 bits per heavy atom. The fourth-order valence-electron chi connectivity index (χ4n) is 2.37. The summed E-state index contributed by atoms with van der Waals surface area (Å²) in [6.07, 6.45) is 0. The highest BCUT2D eigenvalue weighted by Gasteiger charge is 2.14. The quantitative estimate of drug-likeness (QED) is 0.297. The summed E-state index contributed by atoms with van der Waals surface area (Å²) < 4.78 is 16.7. The van der Waals surface area contributed by atoms with Crippen LogP contribution in [0, 0.1) is 0 Å². The SMILES string of the molecule is O=C(OCCOc1ccccc1)c1cccc(OC(=O)c2ccccc2Br)c1. The van der Waals surface area contributed by atoms with Crippen LogP contribution in [0.3, 0.4) is 0 Å². The second kappa shape index (κ2) is 9.71. The van der Waals surface area contributed by atoms with Crippen molar-refractivity contribution < 1.29 is 23.8 Å². The lowest BCUT2D eigenvalue weighted by Gasteiger charge is -2.09. The molecule has 0 unspecified atom stereocenters. The summed E-state index contributed by atoms with van der Waals surface area (Å²) in [6, 6.07) is 22.5. The van der Waals surface area contributed by atoms with Crippen molar-refractivity contribution in [1.29, 1.82) is 0 Å². The lowest BCUT2D eigenvalue weighted by atomic mass is 10.2. The largest absolute Gasteiger partial charge is 0.490 e. The van der Waals surface area contributed by atoms with Crippen LogP contribution in [0.4, 0.5) is 0 Å². The molecular formula is C22H17BrO5. The summed E-state index contributed by atoms with van der Waals surface area (Å²) in [6.45, 7) is 0.348. The molecule has 0 aliphatic rings. The standard InChI is InChI=1S/C22H17BrO5/c23-20-12-5-4-11-19(20)22(25)28-18-10-6-7-16(15-18)21(24)27-14-13-26-17-8-2-1-3-9-17/h1-12,15H,13-14H2. The van der Waals surface area contributed by atoms with Crippen LogP contribution in [-0.4, -0.2) is 25.2 Å². The number of halogens is 1. The first kappa shape index (κ1) is 19.6. The Balaban J connectivity index is 1.54. The minimum absolute atomic E-state index is 0.106. The second-order valence-corrected chi connectivity index (χ2v) is 6.55. The molecule has 0 spiro atoms. The summed E-state index contributed by atoms with van der Waals surface area (Å²) in [5.41, 5.74) is 0.686. The number of ether oxygens (including phenoxy) is 3. The van der Waals surface area contributed by atoms with E-state index >= 15 is 0 Å². The van der Waals surface area contributed by atoms with Crippen molar-refractivity contribution >= 4 is 27.9 Å². The summed E-state index contributed by atoms with van der Waals surface area (Å²) in [4.78, 5) is 24.5. The van der Waals surface area contributed by atoms with Gasteiger partial charge in [0.15, 0.2) is 0 Å². The maximum atomic E-state index is 12.3. The first-order chi connectivity index (χ1) is 13.6. The Hall–Kier alpha value is -3.12. The van der Waals surface area contributed by atoms with Crippen LogP contribution in [0.1, 0.15) is 20.7 Å². The Kier molecular flexibility index (Phi) is 6.81. The third-order valence-electron chi connectivity index (χ3n) is 3.70. The molecular weight excluding hydrogens is 424 g/mol. The lowest BCUT2D eigenvalue weighted by Crippen LogP contribution is -2.13. The molecule has 0 amide bonds. The van der Waals surface area contributed by atoms with Crippen LogP contribution in [-0.2, 0) is 4.74 Å². The molecule has 5 nitrogen and oxygen atoms in total. The van der Waals surface area contributed by atoms with Crippen LogP contribution < -0.4 is 9.47 Å². The number of rotatable bonds is 7. The maximum Gasteiger partial charge on any atom is 0.344 e. The van der Waals surface area contributed by atoms with Crippen molar-refractivity contribution in [1.82, 2.24) is 0 Å². The normalized spacial score (nSPS) is 10.2. The van der Waals surface area contributed by atoms with Crippen molar-refractivity contribution in [2.45, 2.75) is 0 Å². The molecule has 0 N–H and O–H groups in total. The molecule has 0 fully saturated rings. The van der Waals surface area contributed by atoms with E-state index in [0.29, 0.717) is 15.8 Å². The van der Waals surface area contributed by atoms with Gasteiger partial charge in [0.1, 0.15) is 24.7 Å². The minimum Gasteiger partial charge on any atom is -0.490 e. The Bertz CT molecular complexity index is 956. The smallest absolute Gasteiger partial charge is 0.344 e. The van der Waals surface area contributed by atoms with Gasteiger partial charge in [-0.05, 0) is 58.4 Å². The van der Waals surface area contributed by atoms with Gasteiger partial charge in [-0.3, -0.25) is 0 Å². The van der Waals surface area contributed by atoms with Gasteiger partial charge in [0.25, 0.3) is 0 Å². The average Bonchev–Trinajstić information content (AvgIpc) is 2.72. The van der Waals surface area contributed by atoms with Crippen LogP contribution in [0.5, 0.6) is 11.5 Å². The number of carbonyl (C=O) groups excluding carboxylic acids is 2. The van der Waals surface area contributed by atoms with Crippen LogP contribution in [0.2, 0.25) is 0 Å². The molecule has 28 heavy (non-hydrogen) atoms. The Morgan fingerprint density at radius 2 is 1.46 bits per heavy atom. The number of benzene rings is 3. The van der Waals surface area contributed by atoms with Gasteiger partial charge in [-0.2, -0.15) is 0 Å². The van der Waals surface area contributed by atoms with E-state index in [1.807, 2.05) is 30.3 Å². The van der Waals surface area contributed by atoms with Gasteiger partial charge < -0.3 is 14.2 Å². The third kappa shape index (κ3) is 5.44. The van der Waals surface area contributed by atoms with Gasteiger partial charge in [0.2, 0.25) is 0 Å². The predicted molar refractivity (Wildman–Crippen MR) is 108 cm³/mol. The fourth-order valence-corrected chi connectivity index (χ4v) is 2.82. The molecule has 0 aromatic heterocycles. The molecule has 142 valence electrons. The van der Waals surface area contributed by atoms with E-state index in [9.17, 15) is 9.59 Å². The summed E-state index contributed by atoms with van der Waals surface area (Å²) in [5.74, 6) is -0.0695. The van der Waals surface area contributed by atoms with E-state index in [2.05, 4.69) is 15.9 Å². The zero-order valence-electron chi connectivity index (χ0n) is 14.8. The first-order valence-corrected chi connectivity index (χ1v) is 9.34. The van der Waals surface area contributed by atoms with Crippen molar-refractivity contribution in [3.05, 3.63) is 94.5 Å². The number of esters is 2. The van der Waals surface area contributed by atoms with Gasteiger partial charge in [-0.1, -0.05) is 36.4 Å². The van der Waals surface area contributed by atoms with Crippen molar-refractivity contribution in [3.8, 4) is 11.5 Å². The predicted octanol–water partition coefficient (Wildman–Crippen LogP) is 4.90. The molecule has 0 aliphatic heterocycles. The number of carbonyl (C=O) groups is 2. The van der Waals surface area contributed by atoms with Gasteiger partial charge in [-0.15, -0.1) is 0 Å². The topological polar surface area (TPSA) is 61.8 Å². The summed E-state index contributed by atoms with van der Waals surface area (Å²) in [5, 5.41) is 0. The minimum atomic E-state index is -0.519. The second-order valence-electron chi connectivity index (χ2n) is 5.69. The monoisotopic (exact) mass is 440 g/mol.